The number of furan rings is 1. The fourth-order valence-corrected chi connectivity index (χ4v) is 8.89. The highest BCUT2D eigenvalue weighted by Crippen LogP contribution is 2.48. The van der Waals surface area contributed by atoms with E-state index in [-0.39, 0.29) is 0 Å². The van der Waals surface area contributed by atoms with Gasteiger partial charge in [-0.15, -0.1) is 11.3 Å². The summed E-state index contributed by atoms with van der Waals surface area (Å²) in [5.41, 5.74) is 6.29. The summed E-state index contributed by atoms with van der Waals surface area (Å²) in [6.07, 6.45) is 0. The second-order valence-corrected chi connectivity index (χ2v) is 13.2. The predicted octanol–water partition coefficient (Wildman–Crippen LogP) is 11.8. The van der Waals surface area contributed by atoms with Crippen molar-refractivity contribution in [3.05, 3.63) is 140 Å². The molecule has 11 rings (SSSR count). The molecular formula is C42H23N3OS. The minimum Gasteiger partial charge on any atom is -0.452 e. The van der Waals surface area contributed by atoms with E-state index >= 15 is 0 Å². The largest absolute Gasteiger partial charge is 0.452 e. The van der Waals surface area contributed by atoms with Gasteiger partial charge in [-0.3, -0.25) is 4.57 Å². The van der Waals surface area contributed by atoms with Crippen LogP contribution in [-0.2, 0) is 0 Å². The van der Waals surface area contributed by atoms with Crippen molar-refractivity contribution in [3.8, 4) is 17.2 Å². The van der Waals surface area contributed by atoms with Crippen LogP contribution in [0.4, 0.5) is 0 Å². The molecule has 11 aromatic rings. The summed E-state index contributed by atoms with van der Waals surface area (Å²) in [6, 6.07) is 49.2. The van der Waals surface area contributed by atoms with Gasteiger partial charge in [0.25, 0.3) is 0 Å². The summed E-state index contributed by atoms with van der Waals surface area (Å²) in [5.74, 6) is 0.629. The molecule has 4 heterocycles. The van der Waals surface area contributed by atoms with E-state index in [1.54, 1.807) is 0 Å². The van der Waals surface area contributed by atoms with Crippen LogP contribution in [0.5, 0.6) is 0 Å². The highest BCUT2D eigenvalue weighted by atomic mass is 32.1. The summed E-state index contributed by atoms with van der Waals surface area (Å²) in [4.78, 5) is 10.8. The first-order valence-electron chi connectivity index (χ1n) is 15.8. The number of fused-ring (bicyclic) bond motifs is 15. The monoisotopic (exact) mass is 617 g/mol. The first-order chi connectivity index (χ1) is 23.3. The van der Waals surface area contributed by atoms with Crippen molar-refractivity contribution in [1.29, 1.82) is 0 Å². The van der Waals surface area contributed by atoms with E-state index in [1.165, 1.54) is 41.7 Å². The van der Waals surface area contributed by atoms with Crippen LogP contribution in [0.2, 0.25) is 0 Å². The van der Waals surface area contributed by atoms with Gasteiger partial charge in [-0.2, -0.15) is 0 Å². The number of para-hydroxylation sites is 1. The Kier molecular flexibility index (Phi) is 4.96. The lowest BCUT2D eigenvalue weighted by molar-refractivity contribution is 0.667. The summed E-state index contributed by atoms with van der Waals surface area (Å²) >= 11 is 1.87. The van der Waals surface area contributed by atoms with Crippen LogP contribution in [0.15, 0.2) is 144 Å². The topological polar surface area (TPSA) is 43.9 Å². The smallest absolute Gasteiger partial charge is 0.236 e. The molecular weight excluding hydrogens is 595 g/mol. The van der Waals surface area contributed by atoms with E-state index in [1.807, 2.05) is 29.5 Å². The second kappa shape index (κ2) is 9.25. The SMILES string of the molecule is c1ccc(-c2nc(-n3c4ccccc4c4c5sc6ccccc6c5c5ccccc5c43)nc3c2oc2ccc4ccccc4c23)cc1. The van der Waals surface area contributed by atoms with Gasteiger partial charge in [-0.1, -0.05) is 121 Å². The molecule has 0 radical (unpaired) electrons. The average molecular weight is 618 g/mol. The van der Waals surface area contributed by atoms with Gasteiger partial charge < -0.3 is 4.42 Å². The Balaban J connectivity index is 1.38. The number of hydrogen-bond acceptors (Lipinski definition) is 4. The van der Waals surface area contributed by atoms with E-state index in [4.69, 9.17) is 14.4 Å². The van der Waals surface area contributed by atoms with Gasteiger partial charge in [0.2, 0.25) is 5.95 Å². The molecule has 0 spiro atoms. The summed E-state index contributed by atoms with van der Waals surface area (Å²) < 4.78 is 11.5. The molecule has 218 valence electrons. The van der Waals surface area contributed by atoms with Gasteiger partial charge in [-0.25, -0.2) is 9.97 Å². The van der Waals surface area contributed by atoms with Crippen LogP contribution < -0.4 is 0 Å². The molecule has 0 saturated carbocycles. The lowest BCUT2D eigenvalue weighted by Gasteiger charge is -2.11. The van der Waals surface area contributed by atoms with Crippen LogP contribution in [0.1, 0.15) is 0 Å². The molecule has 0 fully saturated rings. The number of aromatic nitrogens is 3. The number of benzene rings is 7. The van der Waals surface area contributed by atoms with Crippen molar-refractivity contribution < 1.29 is 4.42 Å². The van der Waals surface area contributed by atoms with Crippen molar-refractivity contribution in [2.45, 2.75) is 0 Å². The van der Waals surface area contributed by atoms with E-state index in [9.17, 15) is 0 Å². The molecule has 0 aliphatic rings. The minimum atomic E-state index is 0.629. The van der Waals surface area contributed by atoms with Crippen molar-refractivity contribution in [2.24, 2.45) is 0 Å². The van der Waals surface area contributed by atoms with Gasteiger partial charge in [0, 0.05) is 41.9 Å². The molecule has 47 heavy (non-hydrogen) atoms. The zero-order valence-electron chi connectivity index (χ0n) is 24.9. The van der Waals surface area contributed by atoms with Crippen LogP contribution in [0.25, 0.3) is 103 Å². The highest BCUT2D eigenvalue weighted by molar-refractivity contribution is 7.27. The summed E-state index contributed by atoms with van der Waals surface area (Å²) in [7, 11) is 0. The summed E-state index contributed by atoms with van der Waals surface area (Å²) in [6.45, 7) is 0. The fourth-order valence-electron chi connectivity index (χ4n) is 7.62. The van der Waals surface area contributed by atoms with Gasteiger partial charge in [0.05, 0.1) is 16.4 Å². The summed E-state index contributed by atoms with van der Waals surface area (Å²) in [5, 5.41) is 10.7. The number of rotatable bonds is 2. The Morgan fingerprint density at radius 3 is 2.11 bits per heavy atom. The maximum atomic E-state index is 6.62. The van der Waals surface area contributed by atoms with E-state index in [2.05, 4.69) is 126 Å². The lowest BCUT2D eigenvalue weighted by Crippen LogP contribution is -2.03. The third-order valence-corrected chi connectivity index (χ3v) is 10.8. The zero-order chi connectivity index (χ0) is 30.6. The van der Waals surface area contributed by atoms with Gasteiger partial charge >= 0.3 is 0 Å². The number of nitrogens with zero attached hydrogens (tertiary/aromatic N) is 3. The van der Waals surface area contributed by atoms with Crippen LogP contribution >= 0.6 is 11.3 Å². The standard InChI is InChI=1S/C42H23N3OS/c1-2-13-25(14-3-1)37-40-38(35-26-15-5-4-12-24(26)22-23-32(35)46-40)44-42(43-37)45-31-20-10-8-18-29(31)36-39(45)28-17-7-6-16-27(28)34-30-19-9-11-21-33(30)47-41(34)36/h1-23H. The van der Waals surface area contributed by atoms with Crippen molar-refractivity contribution >= 4 is 96.9 Å². The Hall–Kier alpha value is -6.04. The maximum Gasteiger partial charge on any atom is 0.236 e. The lowest BCUT2D eigenvalue weighted by atomic mass is 10.00. The van der Waals surface area contributed by atoms with E-state index < -0.39 is 0 Å². The molecule has 0 aliphatic heterocycles. The maximum absolute atomic E-state index is 6.62. The molecule has 0 N–H and O–H groups in total. The Morgan fingerprint density at radius 1 is 0.532 bits per heavy atom. The molecule has 0 atom stereocenters. The Labute approximate surface area is 271 Å². The Bertz CT molecular complexity index is 3080. The molecule has 7 aromatic carbocycles. The minimum absolute atomic E-state index is 0.629. The number of thiophene rings is 1. The van der Waals surface area contributed by atoms with Crippen molar-refractivity contribution in [1.82, 2.24) is 14.5 Å². The quantitative estimate of drug-likeness (QED) is 0.194. The highest BCUT2D eigenvalue weighted by Gasteiger charge is 2.25. The first kappa shape index (κ1) is 25.2. The molecule has 4 nitrogen and oxygen atoms in total. The van der Waals surface area contributed by atoms with E-state index in [0.29, 0.717) is 11.5 Å². The zero-order valence-corrected chi connectivity index (χ0v) is 25.8. The second-order valence-electron chi connectivity index (χ2n) is 12.1. The van der Waals surface area contributed by atoms with Crippen molar-refractivity contribution in [2.75, 3.05) is 0 Å². The van der Waals surface area contributed by atoms with Gasteiger partial charge in [0.15, 0.2) is 5.58 Å². The molecule has 0 bridgehead atoms. The van der Waals surface area contributed by atoms with Crippen LogP contribution in [0, 0.1) is 0 Å². The predicted molar refractivity (Wildman–Crippen MR) is 197 cm³/mol. The van der Waals surface area contributed by atoms with Crippen molar-refractivity contribution in [3.63, 3.8) is 0 Å². The molecule has 0 saturated heterocycles. The molecule has 5 heteroatoms. The van der Waals surface area contributed by atoms with Crippen LogP contribution in [0.3, 0.4) is 0 Å². The molecule has 4 aromatic heterocycles. The third-order valence-electron chi connectivity index (χ3n) is 9.59. The van der Waals surface area contributed by atoms with Gasteiger partial charge in [-0.05, 0) is 34.4 Å². The normalized spacial score (nSPS) is 12.3. The molecule has 0 unspecified atom stereocenters. The van der Waals surface area contributed by atoms with Gasteiger partial charge in [0.1, 0.15) is 16.8 Å². The third kappa shape index (κ3) is 3.36. The Morgan fingerprint density at radius 2 is 1.23 bits per heavy atom. The molecule has 0 aliphatic carbocycles. The fraction of sp³-hybridized carbons (Fsp3) is 0. The first-order valence-corrected chi connectivity index (χ1v) is 16.6. The van der Waals surface area contributed by atoms with E-state index in [0.717, 1.165) is 49.5 Å². The average Bonchev–Trinajstić information content (AvgIpc) is 3.82. The van der Waals surface area contributed by atoms with Crippen LogP contribution in [-0.4, -0.2) is 14.5 Å². The number of hydrogen-bond donors (Lipinski definition) is 0. The molecule has 0 amide bonds.